The van der Waals surface area contributed by atoms with Gasteiger partial charge in [-0.2, -0.15) is 0 Å². The van der Waals surface area contributed by atoms with Gasteiger partial charge in [0.05, 0.1) is 17.7 Å². The largest absolute Gasteiger partial charge is 0.508 e. The van der Waals surface area contributed by atoms with Crippen LogP contribution in [0, 0.1) is 0 Å². The summed E-state index contributed by atoms with van der Waals surface area (Å²) in [5, 5.41) is 9.33. The van der Waals surface area contributed by atoms with E-state index in [-0.39, 0.29) is 16.2 Å². The number of hydrazine groups is 1. The van der Waals surface area contributed by atoms with Gasteiger partial charge in [-0.3, -0.25) is 20.4 Å². The predicted octanol–water partition coefficient (Wildman–Crippen LogP) is 3.11. The van der Waals surface area contributed by atoms with E-state index in [0.29, 0.717) is 22.7 Å². The number of sulfonamides is 1. The molecule has 3 aromatic carbocycles. The van der Waals surface area contributed by atoms with Gasteiger partial charge >= 0.3 is 0 Å². The van der Waals surface area contributed by atoms with Crippen molar-refractivity contribution in [1.82, 2.24) is 10.9 Å². The Labute approximate surface area is 180 Å². The molecule has 0 bridgehead atoms. The molecule has 0 aliphatic heterocycles. The van der Waals surface area contributed by atoms with Crippen LogP contribution in [0.1, 0.15) is 15.9 Å². The van der Waals surface area contributed by atoms with Crippen LogP contribution in [0.2, 0.25) is 0 Å². The van der Waals surface area contributed by atoms with Crippen molar-refractivity contribution < 1.29 is 23.1 Å². The number of carbonyl (C=O) groups excluding carboxylic acids is 1. The molecule has 3 aromatic rings. The summed E-state index contributed by atoms with van der Waals surface area (Å²) in [6.07, 6.45) is 0. The van der Waals surface area contributed by atoms with Gasteiger partial charge in [0, 0.05) is 11.3 Å². The van der Waals surface area contributed by atoms with Crippen LogP contribution in [0.4, 0.5) is 5.69 Å². The number of aromatic hydroxyl groups is 1. The Kier molecular flexibility index (Phi) is 6.46. The van der Waals surface area contributed by atoms with Crippen molar-refractivity contribution in [1.29, 1.82) is 0 Å². The lowest BCUT2D eigenvalue weighted by Gasteiger charge is -2.12. The zero-order valence-corrected chi connectivity index (χ0v) is 17.4. The molecular formula is C22H21N3O5S. The molecule has 0 saturated carbocycles. The van der Waals surface area contributed by atoms with Crippen molar-refractivity contribution in [2.75, 3.05) is 11.8 Å². The lowest BCUT2D eigenvalue weighted by molar-refractivity contribution is 0.0942. The molecular weight excluding hydrogens is 418 g/mol. The second-order valence-electron chi connectivity index (χ2n) is 6.47. The molecule has 0 aliphatic carbocycles. The van der Waals surface area contributed by atoms with Gasteiger partial charge in [-0.25, -0.2) is 8.42 Å². The maximum Gasteiger partial charge on any atom is 0.269 e. The molecule has 0 unspecified atom stereocenters. The number of hydrogen-bond donors (Lipinski definition) is 4. The Hall–Kier alpha value is -3.98. The van der Waals surface area contributed by atoms with Crippen LogP contribution in [-0.4, -0.2) is 26.5 Å². The molecule has 31 heavy (non-hydrogen) atoms. The minimum Gasteiger partial charge on any atom is -0.508 e. The predicted molar refractivity (Wildman–Crippen MR) is 118 cm³/mol. The maximum absolute atomic E-state index is 12.7. The van der Waals surface area contributed by atoms with E-state index in [2.05, 4.69) is 22.2 Å². The summed E-state index contributed by atoms with van der Waals surface area (Å²) in [7, 11) is -2.38. The van der Waals surface area contributed by atoms with Gasteiger partial charge in [-0.1, -0.05) is 12.6 Å². The first-order valence-corrected chi connectivity index (χ1v) is 10.6. The number of nitrogens with one attached hydrogen (secondary N) is 3. The lowest BCUT2D eigenvalue weighted by Crippen LogP contribution is -2.35. The minimum atomic E-state index is -3.90. The first kappa shape index (κ1) is 21.7. The number of phenolic OH excluding ortho intramolecular Hbond substituents is 1. The first-order valence-electron chi connectivity index (χ1n) is 9.10. The molecule has 0 aromatic heterocycles. The number of hydrogen-bond acceptors (Lipinski definition) is 6. The molecule has 0 radical (unpaired) electrons. The molecule has 0 heterocycles. The van der Waals surface area contributed by atoms with Gasteiger partial charge in [0.15, 0.2) is 0 Å². The highest BCUT2D eigenvalue weighted by atomic mass is 32.2. The van der Waals surface area contributed by atoms with Crippen molar-refractivity contribution in [3.63, 3.8) is 0 Å². The molecule has 4 N–H and O–H groups in total. The van der Waals surface area contributed by atoms with Crippen LogP contribution in [0.3, 0.4) is 0 Å². The summed E-state index contributed by atoms with van der Waals surface area (Å²) in [6, 6.07) is 18.3. The van der Waals surface area contributed by atoms with Gasteiger partial charge in [-0.05, 0) is 72.3 Å². The fourth-order valence-corrected chi connectivity index (χ4v) is 3.72. The highest BCUT2D eigenvalue weighted by Crippen LogP contribution is 2.20. The second kappa shape index (κ2) is 9.23. The Morgan fingerprint density at radius 2 is 1.61 bits per heavy atom. The zero-order valence-electron chi connectivity index (χ0n) is 16.6. The summed E-state index contributed by atoms with van der Waals surface area (Å²) in [4.78, 5) is 12.4. The maximum atomic E-state index is 12.7. The standard InChI is InChI=1S/C22H21N3O5S/c1-15(16-6-10-19(26)11-7-16)23-24-22(27)17-4-3-5-21(14-17)31(28,29)25-18-8-12-20(30-2)13-9-18/h3-14,23,25-26H,1H2,2H3,(H,24,27). The van der Waals surface area contributed by atoms with Crippen LogP contribution in [0.25, 0.3) is 5.70 Å². The van der Waals surface area contributed by atoms with E-state index >= 15 is 0 Å². The molecule has 0 aliphatic rings. The molecule has 0 spiro atoms. The normalized spacial score (nSPS) is 10.7. The van der Waals surface area contributed by atoms with Crippen molar-refractivity contribution in [2.45, 2.75) is 4.90 Å². The highest BCUT2D eigenvalue weighted by Gasteiger charge is 2.17. The number of anilines is 1. The summed E-state index contributed by atoms with van der Waals surface area (Å²) in [5.74, 6) is 0.172. The van der Waals surface area contributed by atoms with Crippen molar-refractivity contribution in [3.8, 4) is 11.5 Å². The van der Waals surface area contributed by atoms with E-state index in [0.717, 1.165) is 0 Å². The van der Waals surface area contributed by atoms with E-state index in [1.807, 2.05) is 0 Å². The third kappa shape index (κ3) is 5.55. The number of ether oxygens (including phenoxy) is 1. The molecule has 9 heteroatoms. The Balaban J connectivity index is 1.68. The summed E-state index contributed by atoms with van der Waals surface area (Å²) in [6.45, 7) is 3.81. The molecule has 3 rings (SSSR count). The summed E-state index contributed by atoms with van der Waals surface area (Å²) in [5.41, 5.74) is 6.72. The molecule has 0 atom stereocenters. The van der Waals surface area contributed by atoms with Crippen molar-refractivity contribution in [2.24, 2.45) is 0 Å². The average Bonchev–Trinajstić information content (AvgIpc) is 2.78. The van der Waals surface area contributed by atoms with E-state index in [1.54, 1.807) is 36.4 Å². The first-order chi connectivity index (χ1) is 14.8. The topological polar surface area (TPSA) is 117 Å². The third-order valence-electron chi connectivity index (χ3n) is 4.29. The Bertz CT molecular complexity index is 1190. The van der Waals surface area contributed by atoms with E-state index in [4.69, 9.17) is 4.74 Å². The number of amides is 1. The highest BCUT2D eigenvalue weighted by molar-refractivity contribution is 7.92. The molecule has 8 nitrogen and oxygen atoms in total. The van der Waals surface area contributed by atoms with E-state index in [9.17, 15) is 18.3 Å². The van der Waals surface area contributed by atoms with Crippen LogP contribution >= 0.6 is 0 Å². The molecule has 160 valence electrons. The Morgan fingerprint density at radius 3 is 2.26 bits per heavy atom. The lowest BCUT2D eigenvalue weighted by atomic mass is 10.2. The third-order valence-corrected chi connectivity index (χ3v) is 5.67. The van der Waals surface area contributed by atoms with Crippen LogP contribution in [-0.2, 0) is 10.0 Å². The van der Waals surface area contributed by atoms with Crippen molar-refractivity contribution >= 4 is 27.3 Å². The number of phenols is 1. The van der Waals surface area contributed by atoms with Gasteiger partial charge < -0.3 is 9.84 Å². The van der Waals surface area contributed by atoms with Gasteiger partial charge in [0.25, 0.3) is 15.9 Å². The van der Waals surface area contributed by atoms with Gasteiger partial charge in [-0.15, -0.1) is 0 Å². The fraction of sp³-hybridized carbons (Fsp3) is 0.0455. The summed E-state index contributed by atoms with van der Waals surface area (Å²) < 4.78 is 32.9. The second-order valence-corrected chi connectivity index (χ2v) is 8.15. The fourth-order valence-electron chi connectivity index (χ4n) is 2.62. The number of rotatable bonds is 8. The smallest absolute Gasteiger partial charge is 0.269 e. The SMILES string of the molecule is C=C(NNC(=O)c1cccc(S(=O)(=O)Nc2ccc(OC)cc2)c1)c1ccc(O)cc1. The average molecular weight is 439 g/mol. The van der Waals surface area contributed by atoms with Crippen LogP contribution < -0.4 is 20.3 Å². The van der Waals surface area contributed by atoms with Crippen LogP contribution in [0.5, 0.6) is 11.5 Å². The van der Waals surface area contributed by atoms with Crippen LogP contribution in [0.15, 0.2) is 84.3 Å². The van der Waals surface area contributed by atoms with Gasteiger partial charge in [0.2, 0.25) is 0 Å². The molecule has 0 fully saturated rings. The monoisotopic (exact) mass is 439 g/mol. The zero-order chi connectivity index (χ0) is 22.4. The van der Waals surface area contributed by atoms with E-state index in [1.165, 1.54) is 43.5 Å². The molecule has 1 amide bonds. The Morgan fingerprint density at radius 1 is 0.935 bits per heavy atom. The van der Waals surface area contributed by atoms with Crippen molar-refractivity contribution in [3.05, 3.63) is 90.5 Å². The van der Waals surface area contributed by atoms with Gasteiger partial charge in [0.1, 0.15) is 11.5 Å². The van der Waals surface area contributed by atoms with E-state index < -0.39 is 15.9 Å². The molecule has 0 saturated heterocycles. The quantitative estimate of drug-likeness (QED) is 0.401. The number of methoxy groups -OCH3 is 1. The number of benzene rings is 3. The minimum absolute atomic E-state index is 0.0617. The summed E-state index contributed by atoms with van der Waals surface area (Å²) >= 11 is 0. The number of carbonyl (C=O) groups is 1.